The summed E-state index contributed by atoms with van der Waals surface area (Å²) in [4.78, 5) is 42.7. The number of carbonyl (C=O) groups is 2. The molecule has 0 bridgehead atoms. The molecule has 1 N–H and O–H groups in total. The Bertz CT molecular complexity index is 1560. The van der Waals surface area contributed by atoms with Gasteiger partial charge in [-0.05, 0) is 120 Å². The number of carbonyl (C=O) groups excluding carboxylic acids is 2. The first kappa shape index (κ1) is 31.6. The van der Waals surface area contributed by atoms with E-state index < -0.39 is 0 Å². The molecule has 3 aromatic heterocycles. The lowest BCUT2D eigenvalue weighted by molar-refractivity contribution is -0.124. The number of pyridine rings is 2. The third-order valence-electron chi connectivity index (χ3n) is 10.6. The van der Waals surface area contributed by atoms with Crippen molar-refractivity contribution in [2.75, 3.05) is 25.2 Å². The molecule has 0 atom stereocenters. The van der Waals surface area contributed by atoms with Gasteiger partial charge in [0.2, 0.25) is 5.91 Å². The highest BCUT2D eigenvalue weighted by molar-refractivity contribution is 5.94. The van der Waals surface area contributed by atoms with Crippen molar-refractivity contribution < 1.29 is 24.9 Å². The van der Waals surface area contributed by atoms with Crippen molar-refractivity contribution in [2.24, 2.45) is 17.8 Å². The van der Waals surface area contributed by atoms with E-state index >= 15 is 0 Å². The van der Waals surface area contributed by atoms with Crippen molar-refractivity contribution in [1.82, 2.24) is 20.3 Å². The minimum Gasteiger partial charge on any atom is -0.495 e. The standard InChI is InChI=1S/C37H47N5O5.H2/c1-23-33(45-2)16-15-31(39-23)26-7-3-24(4-8-26)20-42(34-19-29(17-18-38-34)32-22-46-35(41-32)27-11-12-27)36(43)28-9-5-25(6-10-28)21-47-37(44)40-30-13-14-30;/h15-19,22,24-28,30H,3-14,20-21H2,1-2H3,(H,40,44);1H. The highest BCUT2D eigenvalue weighted by atomic mass is 16.5. The van der Waals surface area contributed by atoms with Crippen LogP contribution in [-0.4, -0.2) is 53.3 Å². The van der Waals surface area contributed by atoms with Crippen LogP contribution in [0, 0.1) is 24.7 Å². The molecule has 4 fully saturated rings. The molecule has 0 saturated heterocycles. The van der Waals surface area contributed by atoms with Gasteiger partial charge in [0, 0.05) is 49.2 Å². The number of oxazole rings is 1. The van der Waals surface area contributed by atoms with Crippen molar-refractivity contribution in [3.8, 4) is 17.0 Å². The maximum atomic E-state index is 14.3. The van der Waals surface area contributed by atoms with Gasteiger partial charge in [-0.15, -0.1) is 0 Å². The molecule has 10 heteroatoms. The molecule has 47 heavy (non-hydrogen) atoms. The van der Waals surface area contributed by atoms with Gasteiger partial charge in [-0.3, -0.25) is 14.7 Å². The second kappa shape index (κ2) is 14.0. The van der Waals surface area contributed by atoms with E-state index in [2.05, 4.69) is 11.4 Å². The molecule has 3 aromatic rings. The smallest absolute Gasteiger partial charge is 0.407 e. The fourth-order valence-electron chi connectivity index (χ4n) is 7.30. The lowest BCUT2D eigenvalue weighted by Crippen LogP contribution is -2.42. The van der Waals surface area contributed by atoms with Crippen LogP contribution in [0.5, 0.6) is 5.75 Å². The highest BCUT2D eigenvalue weighted by Gasteiger charge is 2.34. The van der Waals surface area contributed by atoms with E-state index in [1.165, 1.54) is 0 Å². The number of nitrogens with one attached hydrogen (secondary N) is 1. The molecule has 0 radical (unpaired) electrons. The van der Waals surface area contributed by atoms with Gasteiger partial charge in [0.1, 0.15) is 23.5 Å². The van der Waals surface area contributed by atoms with Gasteiger partial charge in [0.15, 0.2) is 5.89 Å². The molecule has 4 saturated carbocycles. The first-order valence-corrected chi connectivity index (χ1v) is 17.6. The molecular weight excluding hydrogens is 594 g/mol. The van der Waals surface area contributed by atoms with Crippen LogP contribution in [0.15, 0.2) is 41.1 Å². The van der Waals surface area contributed by atoms with Crippen molar-refractivity contribution in [1.29, 1.82) is 0 Å². The first-order valence-electron chi connectivity index (χ1n) is 17.6. The summed E-state index contributed by atoms with van der Waals surface area (Å²) >= 11 is 0. The molecule has 10 nitrogen and oxygen atoms in total. The molecule has 0 unspecified atom stereocenters. The third kappa shape index (κ3) is 7.79. The van der Waals surface area contributed by atoms with Gasteiger partial charge in [-0.1, -0.05) is 0 Å². The van der Waals surface area contributed by atoms with Gasteiger partial charge >= 0.3 is 6.09 Å². The average molecular weight is 644 g/mol. The normalized spacial score (nSPS) is 24.4. The summed E-state index contributed by atoms with van der Waals surface area (Å²) < 4.78 is 16.7. The zero-order valence-corrected chi connectivity index (χ0v) is 27.7. The van der Waals surface area contributed by atoms with Crippen LogP contribution in [0.1, 0.15) is 108 Å². The maximum absolute atomic E-state index is 14.3. The van der Waals surface area contributed by atoms with E-state index in [1.807, 2.05) is 30.0 Å². The summed E-state index contributed by atoms with van der Waals surface area (Å²) in [5.74, 6) is 3.89. The van der Waals surface area contributed by atoms with Gasteiger partial charge in [-0.2, -0.15) is 0 Å². The average Bonchev–Trinajstić information content (AvgIpc) is 4.06. The molecule has 7 rings (SSSR count). The SMILES string of the molecule is COc1ccc(C2CCC(CN(C(=O)C3CCC(COC(=O)NC4CC4)CC3)c3cc(-c4coc(C5CC5)n4)ccn3)CC2)nc1C.[HH]. The number of rotatable bonds is 11. The number of hydrogen-bond acceptors (Lipinski definition) is 8. The second-order valence-corrected chi connectivity index (χ2v) is 14.2. The lowest BCUT2D eigenvalue weighted by atomic mass is 9.79. The predicted octanol–water partition coefficient (Wildman–Crippen LogP) is 7.57. The Morgan fingerprint density at radius 2 is 1.68 bits per heavy atom. The Labute approximate surface area is 278 Å². The molecule has 4 aliphatic rings. The molecule has 0 aromatic carbocycles. The fourth-order valence-corrected chi connectivity index (χ4v) is 7.30. The number of aromatic nitrogens is 3. The molecular formula is C37H49N5O5. The van der Waals surface area contributed by atoms with E-state index in [0.717, 1.165) is 111 Å². The number of aryl methyl sites for hydroxylation is 1. The van der Waals surface area contributed by atoms with E-state index in [1.54, 1.807) is 19.6 Å². The topological polar surface area (TPSA) is 120 Å². The van der Waals surface area contributed by atoms with Gasteiger partial charge in [-0.25, -0.2) is 14.8 Å². The van der Waals surface area contributed by atoms with Crippen molar-refractivity contribution in [2.45, 2.75) is 102 Å². The van der Waals surface area contributed by atoms with Crippen LogP contribution in [0.25, 0.3) is 11.3 Å². The van der Waals surface area contributed by atoms with E-state index in [4.69, 9.17) is 28.8 Å². The van der Waals surface area contributed by atoms with Crippen molar-refractivity contribution in [3.05, 3.63) is 54.0 Å². The van der Waals surface area contributed by atoms with Crippen molar-refractivity contribution in [3.63, 3.8) is 0 Å². The van der Waals surface area contributed by atoms with Gasteiger partial charge < -0.3 is 19.2 Å². The Kier molecular flexibility index (Phi) is 9.45. The molecule has 4 aliphatic carbocycles. The van der Waals surface area contributed by atoms with Crippen LogP contribution in [0.4, 0.5) is 10.6 Å². The van der Waals surface area contributed by atoms with E-state index in [9.17, 15) is 9.59 Å². The van der Waals surface area contributed by atoms with Crippen LogP contribution >= 0.6 is 0 Å². The monoisotopic (exact) mass is 643 g/mol. The number of ether oxygens (including phenoxy) is 2. The predicted molar refractivity (Wildman–Crippen MR) is 179 cm³/mol. The zero-order valence-electron chi connectivity index (χ0n) is 27.7. The molecule has 252 valence electrons. The summed E-state index contributed by atoms with van der Waals surface area (Å²) in [5.41, 5.74) is 3.76. The maximum Gasteiger partial charge on any atom is 0.407 e. The summed E-state index contributed by atoms with van der Waals surface area (Å²) in [6.45, 7) is 3.06. The van der Waals surface area contributed by atoms with Crippen LogP contribution < -0.4 is 15.0 Å². The van der Waals surface area contributed by atoms with E-state index in [0.29, 0.717) is 36.7 Å². The number of methoxy groups -OCH3 is 1. The summed E-state index contributed by atoms with van der Waals surface area (Å²) in [5, 5.41) is 2.89. The molecule has 3 heterocycles. The van der Waals surface area contributed by atoms with Crippen molar-refractivity contribution >= 4 is 17.8 Å². The van der Waals surface area contributed by atoms with Crippen LogP contribution in [-0.2, 0) is 9.53 Å². The lowest BCUT2D eigenvalue weighted by Gasteiger charge is -2.35. The minimum atomic E-state index is -0.313. The van der Waals surface area contributed by atoms with Gasteiger partial charge in [0.05, 0.1) is 19.4 Å². The second-order valence-electron chi connectivity index (χ2n) is 14.2. The minimum absolute atomic E-state index is 0. The van der Waals surface area contributed by atoms with Gasteiger partial charge in [0.25, 0.3) is 0 Å². The Hall–Kier alpha value is -3.95. The molecule has 2 amide bonds. The fraction of sp³-hybridized carbons (Fsp3) is 0.595. The highest BCUT2D eigenvalue weighted by Crippen LogP contribution is 2.41. The Morgan fingerprint density at radius 1 is 0.936 bits per heavy atom. The molecule has 0 aliphatic heterocycles. The molecule has 0 spiro atoms. The summed E-state index contributed by atoms with van der Waals surface area (Å²) in [6.07, 6.45) is 15.0. The zero-order chi connectivity index (χ0) is 32.3. The number of nitrogens with zero attached hydrogens (tertiary/aromatic N) is 4. The first-order chi connectivity index (χ1) is 22.9. The number of hydrogen-bond donors (Lipinski definition) is 1. The number of amides is 2. The number of alkyl carbamates (subject to hydrolysis) is 1. The van der Waals surface area contributed by atoms with Crippen LogP contribution in [0.2, 0.25) is 0 Å². The van der Waals surface area contributed by atoms with E-state index in [-0.39, 0.29) is 31.3 Å². The quantitative estimate of drug-likeness (QED) is 0.227. The number of anilines is 1. The Morgan fingerprint density at radius 3 is 2.38 bits per heavy atom. The summed E-state index contributed by atoms with van der Waals surface area (Å²) in [7, 11) is 1.68. The largest absolute Gasteiger partial charge is 0.495 e. The van der Waals surface area contributed by atoms with Crippen LogP contribution in [0.3, 0.4) is 0 Å². The summed E-state index contributed by atoms with van der Waals surface area (Å²) in [6, 6.07) is 8.36. The Balaban J connectivity index is 0.00000401. The third-order valence-corrected chi connectivity index (χ3v) is 10.6.